The summed E-state index contributed by atoms with van der Waals surface area (Å²) in [4.78, 5) is 3.98. The molecule has 0 saturated carbocycles. The summed E-state index contributed by atoms with van der Waals surface area (Å²) in [5.41, 5.74) is 1.78. The van der Waals surface area contributed by atoms with Gasteiger partial charge in [0.05, 0.1) is 11.4 Å². The lowest BCUT2D eigenvalue weighted by Crippen LogP contribution is -2.11. The number of hydrogen-bond acceptors (Lipinski definition) is 3. The molecule has 1 rings (SSSR count). The summed E-state index contributed by atoms with van der Waals surface area (Å²) in [6.45, 7) is 6.38. The third kappa shape index (κ3) is 2.06. The van der Waals surface area contributed by atoms with Gasteiger partial charge in [-0.15, -0.1) is 0 Å². The zero-order valence-electron chi connectivity index (χ0n) is 7.59. The van der Waals surface area contributed by atoms with Gasteiger partial charge >= 0.3 is 0 Å². The van der Waals surface area contributed by atoms with Gasteiger partial charge in [-0.1, -0.05) is 20.8 Å². The smallest absolute Gasteiger partial charge is 0.123 e. The number of aromatic nitrogens is 2. The molecule has 0 amide bonds. The minimum atomic E-state index is 0.0320. The SMILES string of the molecule is CC(C)(C)c1cc(COO)[nH]n1. The van der Waals surface area contributed by atoms with Crippen molar-refractivity contribution < 1.29 is 10.1 Å². The quantitative estimate of drug-likeness (QED) is 0.524. The van der Waals surface area contributed by atoms with Crippen molar-refractivity contribution in [2.24, 2.45) is 0 Å². The van der Waals surface area contributed by atoms with E-state index in [1.165, 1.54) is 0 Å². The van der Waals surface area contributed by atoms with Crippen LogP contribution in [0.25, 0.3) is 0 Å². The van der Waals surface area contributed by atoms with Crippen LogP contribution in [-0.2, 0) is 16.9 Å². The van der Waals surface area contributed by atoms with Crippen molar-refractivity contribution in [3.05, 3.63) is 17.5 Å². The van der Waals surface area contributed by atoms with Crippen LogP contribution in [0.3, 0.4) is 0 Å². The fraction of sp³-hybridized carbons (Fsp3) is 0.625. The summed E-state index contributed by atoms with van der Waals surface area (Å²) in [6, 6.07) is 1.89. The second kappa shape index (κ2) is 3.25. The van der Waals surface area contributed by atoms with Gasteiger partial charge in [-0.25, -0.2) is 4.89 Å². The molecule has 0 atom stereocenters. The molecule has 0 aliphatic rings. The minimum absolute atomic E-state index is 0.0320. The maximum atomic E-state index is 8.18. The van der Waals surface area contributed by atoms with Gasteiger partial charge in [-0.05, 0) is 6.07 Å². The van der Waals surface area contributed by atoms with Crippen LogP contribution >= 0.6 is 0 Å². The van der Waals surface area contributed by atoms with E-state index in [9.17, 15) is 0 Å². The molecule has 0 saturated heterocycles. The topological polar surface area (TPSA) is 58.1 Å². The average Bonchev–Trinajstić information content (AvgIpc) is 2.35. The van der Waals surface area contributed by atoms with Crippen LogP contribution in [0.1, 0.15) is 32.2 Å². The first-order valence-corrected chi connectivity index (χ1v) is 3.85. The number of nitrogens with one attached hydrogen (secondary N) is 1. The molecular formula is C8H14N2O2. The van der Waals surface area contributed by atoms with E-state index in [0.717, 1.165) is 11.4 Å². The second-order valence-electron chi connectivity index (χ2n) is 3.80. The molecule has 4 heteroatoms. The van der Waals surface area contributed by atoms with Crippen LogP contribution in [0.2, 0.25) is 0 Å². The number of rotatable bonds is 2. The van der Waals surface area contributed by atoms with Gasteiger partial charge in [0, 0.05) is 5.41 Å². The first kappa shape index (κ1) is 9.22. The lowest BCUT2D eigenvalue weighted by atomic mass is 9.92. The molecule has 0 aliphatic heterocycles. The van der Waals surface area contributed by atoms with Gasteiger partial charge in [-0.2, -0.15) is 5.10 Å². The molecule has 0 aromatic carbocycles. The van der Waals surface area contributed by atoms with Gasteiger partial charge in [0.1, 0.15) is 6.61 Å². The van der Waals surface area contributed by atoms with Crippen molar-refractivity contribution in [3.8, 4) is 0 Å². The average molecular weight is 170 g/mol. The molecule has 0 bridgehead atoms. The molecule has 4 nitrogen and oxygen atoms in total. The van der Waals surface area contributed by atoms with Crippen LogP contribution in [-0.4, -0.2) is 15.5 Å². The van der Waals surface area contributed by atoms with Gasteiger partial charge in [0.15, 0.2) is 0 Å². The third-order valence-corrected chi connectivity index (χ3v) is 1.62. The van der Waals surface area contributed by atoms with Crippen LogP contribution in [0.15, 0.2) is 6.07 Å². The summed E-state index contributed by atoms with van der Waals surface area (Å²) in [5, 5.41) is 15.1. The highest BCUT2D eigenvalue weighted by atomic mass is 17.1. The minimum Gasteiger partial charge on any atom is -0.280 e. The summed E-state index contributed by atoms with van der Waals surface area (Å²) in [7, 11) is 0. The largest absolute Gasteiger partial charge is 0.280 e. The van der Waals surface area contributed by atoms with Gasteiger partial charge in [-0.3, -0.25) is 10.4 Å². The fourth-order valence-corrected chi connectivity index (χ4v) is 0.889. The molecule has 1 aromatic heterocycles. The van der Waals surface area contributed by atoms with E-state index in [4.69, 9.17) is 5.26 Å². The molecule has 0 aliphatic carbocycles. The number of hydrogen-bond donors (Lipinski definition) is 2. The molecular weight excluding hydrogens is 156 g/mol. The lowest BCUT2D eigenvalue weighted by molar-refractivity contribution is -0.253. The zero-order chi connectivity index (χ0) is 9.19. The van der Waals surface area contributed by atoms with Crippen molar-refractivity contribution in [1.82, 2.24) is 10.2 Å². The van der Waals surface area contributed by atoms with Crippen molar-refractivity contribution in [3.63, 3.8) is 0 Å². The maximum absolute atomic E-state index is 8.18. The molecule has 1 aromatic rings. The van der Waals surface area contributed by atoms with Crippen LogP contribution in [0.5, 0.6) is 0 Å². The van der Waals surface area contributed by atoms with Gasteiger partial charge in [0.25, 0.3) is 0 Å². The molecule has 68 valence electrons. The van der Waals surface area contributed by atoms with Crippen LogP contribution in [0, 0.1) is 0 Å². The van der Waals surface area contributed by atoms with Crippen molar-refractivity contribution in [2.45, 2.75) is 32.8 Å². The van der Waals surface area contributed by atoms with E-state index < -0.39 is 0 Å². The lowest BCUT2D eigenvalue weighted by Gasteiger charge is -2.13. The predicted octanol–water partition coefficient (Wildman–Crippen LogP) is 1.70. The summed E-state index contributed by atoms with van der Waals surface area (Å²) in [6.07, 6.45) is 0. The summed E-state index contributed by atoms with van der Waals surface area (Å²) in [5.74, 6) is 0. The third-order valence-electron chi connectivity index (χ3n) is 1.62. The monoisotopic (exact) mass is 170 g/mol. The zero-order valence-corrected chi connectivity index (χ0v) is 7.59. The maximum Gasteiger partial charge on any atom is 0.123 e. The Balaban J connectivity index is 2.77. The standard InChI is InChI=1S/C8H14N2O2/c1-8(2,3)7-4-6(5-12-11)9-10-7/h4,11H,5H2,1-3H3,(H,9,10). The molecule has 0 unspecified atom stereocenters. The van der Waals surface area contributed by atoms with E-state index in [1.807, 2.05) is 6.07 Å². The van der Waals surface area contributed by atoms with E-state index in [0.29, 0.717) is 0 Å². The van der Waals surface area contributed by atoms with Gasteiger partial charge in [0.2, 0.25) is 0 Å². The number of H-pyrrole nitrogens is 1. The normalized spacial score (nSPS) is 12.0. The van der Waals surface area contributed by atoms with Gasteiger partial charge < -0.3 is 0 Å². The van der Waals surface area contributed by atoms with E-state index in [1.54, 1.807) is 0 Å². The van der Waals surface area contributed by atoms with E-state index in [-0.39, 0.29) is 12.0 Å². The Morgan fingerprint density at radius 3 is 2.67 bits per heavy atom. The van der Waals surface area contributed by atoms with Crippen LogP contribution in [0.4, 0.5) is 0 Å². The first-order valence-electron chi connectivity index (χ1n) is 3.85. The number of aromatic amines is 1. The van der Waals surface area contributed by atoms with E-state index >= 15 is 0 Å². The highest BCUT2D eigenvalue weighted by Gasteiger charge is 2.16. The van der Waals surface area contributed by atoms with Crippen molar-refractivity contribution in [1.29, 1.82) is 0 Å². The molecule has 2 N–H and O–H groups in total. The molecule has 0 radical (unpaired) electrons. The Kier molecular flexibility index (Phi) is 2.49. The molecule has 12 heavy (non-hydrogen) atoms. The fourth-order valence-electron chi connectivity index (χ4n) is 0.889. The highest BCUT2D eigenvalue weighted by molar-refractivity contribution is 5.15. The Morgan fingerprint density at radius 1 is 1.58 bits per heavy atom. The van der Waals surface area contributed by atoms with Crippen LogP contribution < -0.4 is 0 Å². The second-order valence-corrected chi connectivity index (χ2v) is 3.80. The molecule has 0 fully saturated rings. The summed E-state index contributed by atoms with van der Waals surface area (Å²) >= 11 is 0. The predicted molar refractivity (Wildman–Crippen MR) is 44.7 cm³/mol. The molecule has 1 heterocycles. The van der Waals surface area contributed by atoms with Crippen molar-refractivity contribution >= 4 is 0 Å². The Hall–Kier alpha value is -0.870. The molecule has 0 spiro atoms. The first-order chi connectivity index (χ1) is 5.54. The highest BCUT2D eigenvalue weighted by Crippen LogP contribution is 2.20. The summed E-state index contributed by atoms with van der Waals surface area (Å²) < 4.78 is 0. The Labute approximate surface area is 71.5 Å². The Bertz CT molecular complexity index is 250. The van der Waals surface area contributed by atoms with E-state index in [2.05, 4.69) is 35.9 Å². The van der Waals surface area contributed by atoms with Crippen molar-refractivity contribution in [2.75, 3.05) is 0 Å². The Morgan fingerprint density at radius 2 is 2.25 bits per heavy atom. The number of nitrogens with zero attached hydrogens (tertiary/aromatic N) is 1.